The zero-order valence-corrected chi connectivity index (χ0v) is 15.2. The topological polar surface area (TPSA) is 62.3 Å². The number of hydrogen-bond acceptors (Lipinski definition) is 3. The third-order valence-electron chi connectivity index (χ3n) is 5.51. The molecule has 1 aromatic rings. The van der Waals surface area contributed by atoms with Crippen molar-refractivity contribution in [2.75, 3.05) is 13.1 Å². The minimum Gasteiger partial charge on any atom is -0.349 e. The maximum atomic E-state index is 12.7. The van der Waals surface area contributed by atoms with Crippen LogP contribution in [0.15, 0.2) is 18.5 Å². The molecule has 2 heterocycles. The maximum Gasteiger partial charge on any atom is 0.255 e. The standard InChI is InChI=1S/C20H29N3O2/c1-15-8-10-23(11-9-15)20(25)17-12-16(13-21-14-17)19(24)22-18-6-4-2-3-5-7-18/h12-15,18H,2-11H2,1H3,(H,22,24). The van der Waals surface area contributed by atoms with E-state index in [2.05, 4.69) is 17.2 Å². The van der Waals surface area contributed by atoms with Gasteiger partial charge in [0.1, 0.15) is 0 Å². The molecule has 0 aromatic carbocycles. The lowest BCUT2D eigenvalue weighted by Crippen LogP contribution is -2.38. The van der Waals surface area contributed by atoms with Crippen molar-refractivity contribution in [1.82, 2.24) is 15.2 Å². The summed E-state index contributed by atoms with van der Waals surface area (Å²) in [6, 6.07) is 1.94. The Morgan fingerprint density at radius 3 is 2.32 bits per heavy atom. The van der Waals surface area contributed by atoms with Gasteiger partial charge in [0.2, 0.25) is 0 Å². The van der Waals surface area contributed by atoms with Crippen LogP contribution in [0.4, 0.5) is 0 Å². The van der Waals surface area contributed by atoms with Crippen molar-refractivity contribution in [1.29, 1.82) is 0 Å². The number of nitrogens with zero attached hydrogens (tertiary/aromatic N) is 2. The first-order valence-electron chi connectivity index (χ1n) is 9.68. The SMILES string of the molecule is CC1CCN(C(=O)c2cncc(C(=O)NC3CCCCCC3)c2)CC1. The van der Waals surface area contributed by atoms with E-state index >= 15 is 0 Å². The molecule has 0 atom stereocenters. The smallest absolute Gasteiger partial charge is 0.255 e. The highest BCUT2D eigenvalue weighted by atomic mass is 16.2. The summed E-state index contributed by atoms with van der Waals surface area (Å²) in [5, 5.41) is 3.12. The van der Waals surface area contributed by atoms with Gasteiger partial charge in [-0.05, 0) is 37.7 Å². The van der Waals surface area contributed by atoms with Crippen molar-refractivity contribution < 1.29 is 9.59 Å². The molecule has 136 valence electrons. The van der Waals surface area contributed by atoms with Crippen LogP contribution in [0.5, 0.6) is 0 Å². The molecule has 5 nitrogen and oxygen atoms in total. The Morgan fingerprint density at radius 1 is 1.00 bits per heavy atom. The van der Waals surface area contributed by atoms with Crippen molar-refractivity contribution in [3.8, 4) is 0 Å². The van der Waals surface area contributed by atoms with E-state index in [0.29, 0.717) is 17.0 Å². The Morgan fingerprint density at radius 2 is 1.64 bits per heavy atom. The fourth-order valence-corrected chi connectivity index (χ4v) is 3.77. The van der Waals surface area contributed by atoms with Gasteiger partial charge in [0, 0.05) is 31.5 Å². The Hall–Kier alpha value is -1.91. The number of amides is 2. The van der Waals surface area contributed by atoms with E-state index < -0.39 is 0 Å². The highest BCUT2D eigenvalue weighted by Crippen LogP contribution is 2.19. The molecule has 2 fully saturated rings. The van der Waals surface area contributed by atoms with Gasteiger partial charge in [0.15, 0.2) is 0 Å². The second-order valence-corrected chi connectivity index (χ2v) is 7.60. The molecular weight excluding hydrogens is 314 g/mol. The van der Waals surface area contributed by atoms with E-state index in [9.17, 15) is 9.59 Å². The molecule has 1 saturated heterocycles. The van der Waals surface area contributed by atoms with Gasteiger partial charge in [-0.15, -0.1) is 0 Å². The number of pyridine rings is 1. The van der Waals surface area contributed by atoms with Gasteiger partial charge in [-0.25, -0.2) is 0 Å². The van der Waals surface area contributed by atoms with E-state index in [0.717, 1.165) is 38.8 Å². The van der Waals surface area contributed by atoms with Crippen LogP contribution in [0.25, 0.3) is 0 Å². The summed E-state index contributed by atoms with van der Waals surface area (Å²) >= 11 is 0. The van der Waals surface area contributed by atoms with Crippen LogP contribution in [0.1, 0.15) is 79.0 Å². The Labute approximate surface area is 150 Å². The van der Waals surface area contributed by atoms with Crippen LogP contribution < -0.4 is 5.32 Å². The Balaban J connectivity index is 1.64. The van der Waals surface area contributed by atoms with Crippen LogP contribution in [0, 0.1) is 5.92 Å². The summed E-state index contributed by atoms with van der Waals surface area (Å²) in [5.74, 6) is 0.559. The molecule has 2 aliphatic rings. The lowest BCUT2D eigenvalue weighted by Gasteiger charge is -2.30. The summed E-state index contributed by atoms with van der Waals surface area (Å²) in [6.45, 7) is 3.80. The minimum atomic E-state index is -0.110. The minimum absolute atomic E-state index is 0.0106. The molecule has 2 amide bonds. The van der Waals surface area contributed by atoms with Gasteiger partial charge < -0.3 is 10.2 Å². The quantitative estimate of drug-likeness (QED) is 0.856. The lowest BCUT2D eigenvalue weighted by atomic mass is 9.98. The molecule has 25 heavy (non-hydrogen) atoms. The monoisotopic (exact) mass is 343 g/mol. The van der Waals surface area contributed by atoms with E-state index in [1.54, 1.807) is 18.5 Å². The third-order valence-corrected chi connectivity index (χ3v) is 5.51. The molecule has 0 unspecified atom stereocenters. The molecule has 0 radical (unpaired) electrons. The van der Waals surface area contributed by atoms with Gasteiger partial charge in [-0.3, -0.25) is 14.6 Å². The van der Waals surface area contributed by atoms with E-state index in [4.69, 9.17) is 0 Å². The molecule has 0 bridgehead atoms. The van der Waals surface area contributed by atoms with E-state index in [-0.39, 0.29) is 17.9 Å². The normalized spacial score (nSPS) is 20.1. The summed E-state index contributed by atoms with van der Waals surface area (Å²) in [7, 11) is 0. The molecule has 0 spiro atoms. The molecule has 3 rings (SSSR count). The van der Waals surface area contributed by atoms with Crippen molar-refractivity contribution >= 4 is 11.8 Å². The number of rotatable bonds is 3. The highest BCUT2D eigenvalue weighted by molar-refractivity contribution is 5.99. The summed E-state index contributed by atoms with van der Waals surface area (Å²) in [6.07, 6.45) is 12.2. The van der Waals surface area contributed by atoms with Crippen LogP contribution in [0.3, 0.4) is 0 Å². The van der Waals surface area contributed by atoms with Crippen molar-refractivity contribution in [2.24, 2.45) is 5.92 Å². The molecular formula is C20H29N3O2. The summed E-state index contributed by atoms with van der Waals surface area (Å²) in [4.78, 5) is 31.2. The zero-order chi connectivity index (χ0) is 17.6. The second-order valence-electron chi connectivity index (χ2n) is 7.60. The Kier molecular flexibility index (Phi) is 6.05. The van der Waals surface area contributed by atoms with Crippen LogP contribution in [-0.4, -0.2) is 40.8 Å². The molecule has 1 aliphatic heterocycles. The summed E-state index contributed by atoms with van der Waals surface area (Å²) < 4.78 is 0. The van der Waals surface area contributed by atoms with Gasteiger partial charge in [0.05, 0.1) is 11.1 Å². The number of hydrogen-bond donors (Lipinski definition) is 1. The summed E-state index contributed by atoms with van der Waals surface area (Å²) in [5.41, 5.74) is 1.00. The first-order valence-corrected chi connectivity index (χ1v) is 9.68. The van der Waals surface area contributed by atoms with Gasteiger partial charge in [-0.1, -0.05) is 32.6 Å². The van der Waals surface area contributed by atoms with E-state index in [1.807, 2.05) is 4.90 Å². The highest BCUT2D eigenvalue weighted by Gasteiger charge is 2.23. The van der Waals surface area contributed by atoms with Crippen molar-refractivity contribution in [3.05, 3.63) is 29.6 Å². The number of nitrogens with one attached hydrogen (secondary N) is 1. The van der Waals surface area contributed by atoms with Crippen molar-refractivity contribution in [2.45, 2.75) is 64.3 Å². The fourth-order valence-electron chi connectivity index (χ4n) is 3.77. The fraction of sp³-hybridized carbons (Fsp3) is 0.650. The number of likely N-dealkylation sites (tertiary alicyclic amines) is 1. The number of carbonyl (C=O) groups is 2. The van der Waals surface area contributed by atoms with Gasteiger partial charge in [-0.2, -0.15) is 0 Å². The number of aromatic nitrogens is 1. The van der Waals surface area contributed by atoms with Crippen LogP contribution in [0.2, 0.25) is 0 Å². The predicted octanol–water partition coefficient (Wildman–Crippen LogP) is 3.41. The number of carbonyl (C=O) groups excluding carboxylic acids is 2. The average Bonchev–Trinajstić information content (AvgIpc) is 2.90. The third kappa shape index (κ3) is 4.80. The molecule has 1 aliphatic carbocycles. The molecule has 1 saturated carbocycles. The van der Waals surface area contributed by atoms with Crippen molar-refractivity contribution in [3.63, 3.8) is 0 Å². The molecule has 5 heteroatoms. The van der Waals surface area contributed by atoms with Gasteiger partial charge >= 0.3 is 0 Å². The van der Waals surface area contributed by atoms with E-state index in [1.165, 1.54) is 25.7 Å². The largest absolute Gasteiger partial charge is 0.349 e. The molecule has 1 aromatic heterocycles. The predicted molar refractivity (Wildman–Crippen MR) is 97.5 cm³/mol. The first-order chi connectivity index (χ1) is 12.1. The molecule has 1 N–H and O–H groups in total. The maximum absolute atomic E-state index is 12.7. The second kappa shape index (κ2) is 8.45. The zero-order valence-electron chi connectivity index (χ0n) is 15.2. The Bertz CT molecular complexity index is 601. The number of piperidine rings is 1. The van der Waals surface area contributed by atoms with Crippen LogP contribution in [-0.2, 0) is 0 Å². The van der Waals surface area contributed by atoms with Gasteiger partial charge in [0.25, 0.3) is 11.8 Å². The average molecular weight is 343 g/mol. The lowest BCUT2D eigenvalue weighted by molar-refractivity contribution is 0.0697. The first kappa shape index (κ1) is 17.9. The van der Waals surface area contributed by atoms with Crippen LogP contribution >= 0.6 is 0 Å².